The Morgan fingerprint density at radius 1 is 1.05 bits per heavy atom. The lowest BCUT2D eigenvalue weighted by Crippen LogP contribution is -2.22. The van der Waals surface area contributed by atoms with Crippen molar-refractivity contribution >= 4 is 49.5 Å². The van der Waals surface area contributed by atoms with Gasteiger partial charge in [-0.25, -0.2) is 4.98 Å². The minimum Gasteiger partial charge on any atom is -0.488 e. The Balaban J connectivity index is 1.57. The van der Waals surface area contributed by atoms with E-state index in [4.69, 9.17) is 9.72 Å². The van der Waals surface area contributed by atoms with E-state index in [1.165, 1.54) is 16.8 Å². The summed E-state index contributed by atoms with van der Waals surface area (Å²) in [6.45, 7) is 2.24. The molecule has 4 aromatic carbocycles. The van der Waals surface area contributed by atoms with E-state index < -0.39 is 4.92 Å². The van der Waals surface area contributed by atoms with Gasteiger partial charge in [-0.3, -0.25) is 14.9 Å². The predicted molar refractivity (Wildman–Crippen MR) is 152 cm³/mol. The summed E-state index contributed by atoms with van der Waals surface area (Å²) in [7, 11) is 0. The van der Waals surface area contributed by atoms with Gasteiger partial charge in [0.25, 0.3) is 11.2 Å². The van der Waals surface area contributed by atoms with Gasteiger partial charge in [0.1, 0.15) is 18.2 Å². The second-order valence-electron chi connectivity index (χ2n) is 8.71. The molecule has 190 valence electrons. The van der Waals surface area contributed by atoms with E-state index in [0.29, 0.717) is 34.5 Å². The molecule has 0 atom stereocenters. The van der Waals surface area contributed by atoms with Crippen molar-refractivity contribution in [1.82, 2.24) is 9.66 Å². The van der Waals surface area contributed by atoms with Crippen LogP contribution in [0, 0.1) is 10.1 Å². The van der Waals surface area contributed by atoms with E-state index in [1.807, 2.05) is 55.5 Å². The second-order valence-corrected chi connectivity index (χ2v) is 9.63. The van der Waals surface area contributed by atoms with Crippen LogP contribution in [0.5, 0.6) is 5.75 Å². The predicted octanol–water partition coefficient (Wildman–Crippen LogP) is 6.63. The van der Waals surface area contributed by atoms with Gasteiger partial charge in [0.2, 0.25) is 0 Å². The normalized spacial score (nSPS) is 11.4. The van der Waals surface area contributed by atoms with Gasteiger partial charge in [-0.1, -0.05) is 53.2 Å². The first kappa shape index (κ1) is 25.3. The van der Waals surface area contributed by atoms with Gasteiger partial charge in [0, 0.05) is 28.6 Å². The molecule has 0 aliphatic rings. The number of non-ortho nitro benzene ring substituents is 1. The minimum absolute atomic E-state index is 0.0247. The largest absolute Gasteiger partial charge is 0.488 e. The number of benzene rings is 4. The molecule has 0 radical (unpaired) electrons. The number of hydrogen-bond acceptors (Lipinski definition) is 6. The van der Waals surface area contributed by atoms with E-state index >= 15 is 0 Å². The fourth-order valence-corrected chi connectivity index (χ4v) is 4.59. The van der Waals surface area contributed by atoms with E-state index in [9.17, 15) is 14.9 Å². The molecule has 0 aliphatic heterocycles. The smallest absolute Gasteiger partial charge is 0.282 e. The van der Waals surface area contributed by atoms with Crippen molar-refractivity contribution in [3.05, 3.63) is 121 Å². The molecule has 0 bridgehead atoms. The minimum atomic E-state index is -0.433. The summed E-state index contributed by atoms with van der Waals surface area (Å²) in [5, 5.41) is 18.0. The molecule has 0 saturated heterocycles. The standard InChI is InChI=1S/C29H23BrN4O4/c1-2-5-28-32-26-14-11-21(30)16-24(26)29(35)33(28)31-17-25-23-7-4-3-6-20(23)10-15-27(25)38-18-19-8-12-22(13-9-19)34(36)37/h3-4,6-17H,2,5,18H2,1H3. The number of nitro groups is 1. The maximum Gasteiger partial charge on any atom is 0.282 e. The summed E-state index contributed by atoms with van der Waals surface area (Å²) in [5.74, 6) is 1.16. The average Bonchev–Trinajstić information content (AvgIpc) is 2.93. The molecule has 0 fully saturated rings. The molecule has 5 rings (SSSR count). The first-order valence-corrected chi connectivity index (χ1v) is 12.9. The highest BCUT2D eigenvalue weighted by molar-refractivity contribution is 9.10. The number of aromatic nitrogens is 2. The molecule has 1 heterocycles. The van der Waals surface area contributed by atoms with Gasteiger partial charge in [-0.15, -0.1) is 0 Å². The summed E-state index contributed by atoms with van der Waals surface area (Å²) in [4.78, 5) is 28.7. The lowest BCUT2D eigenvalue weighted by atomic mass is 10.0. The lowest BCUT2D eigenvalue weighted by molar-refractivity contribution is -0.384. The second kappa shape index (κ2) is 10.9. The number of nitro benzene ring substituents is 1. The molecule has 5 aromatic rings. The van der Waals surface area contributed by atoms with E-state index in [0.717, 1.165) is 27.2 Å². The number of fused-ring (bicyclic) bond motifs is 2. The van der Waals surface area contributed by atoms with E-state index in [-0.39, 0.29) is 17.9 Å². The van der Waals surface area contributed by atoms with Gasteiger partial charge in [0.15, 0.2) is 0 Å². The Morgan fingerprint density at radius 3 is 2.61 bits per heavy atom. The number of halogens is 1. The lowest BCUT2D eigenvalue weighted by Gasteiger charge is -2.13. The summed E-state index contributed by atoms with van der Waals surface area (Å²) in [5.41, 5.74) is 1.91. The third-order valence-electron chi connectivity index (χ3n) is 6.12. The van der Waals surface area contributed by atoms with Crippen molar-refractivity contribution in [2.75, 3.05) is 0 Å². The molecule has 0 saturated carbocycles. The fourth-order valence-electron chi connectivity index (χ4n) is 4.22. The Hall–Kier alpha value is -4.37. The number of ether oxygens (including phenoxy) is 1. The van der Waals surface area contributed by atoms with Crippen molar-refractivity contribution in [2.24, 2.45) is 5.10 Å². The summed E-state index contributed by atoms with van der Waals surface area (Å²) < 4.78 is 8.30. The van der Waals surface area contributed by atoms with Crippen molar-refractivity contribution in [3.8, 4) is 5.75 Å². The van der Waals surface area contributed by atoms with Crippen molar-refractivity contribution in [3.63, 3.8) is 0 Å². The molecular formula is C29H23BrN4O4. The number of aryl methyl sites for hydroxylation is 1. The van der Waals surface area contributed by atoms with Crippen LogP contribution < -0.4 is 10.3 Å². The monoisotopic (exact) mass is 570 g/mol. The number of hydrogen-bond donors (Lipinski definition) is 0. The number of nitrogens with zero attached hydrogens (tertiary/aromatic N) is 4. The third-order valence-corrected chi connectivity index (χ3v) is 6.62. The summed E-state index contributed by atoms with van der Waals surface area (Å²) >= 11 is 3.44. The zero-order valence-electron chi connectivity index (χ0n) is 20.5. The molecule has 0 spiro atoms. The van der Waals surface area contributed by atoms with E-state index in [1.54, 1.807) is 24.4 Å². The van der Waals surface area contributed by atoms with Crippen molar-refractivity contribution in [2.45, 2.75) is 26.4 Å². The molecule has 1 aromatic heterocycles. The molecule has 8 nitrogen and oxygen atoms in total. The first-order valence-electron chi connectivity index (χ1n) is 12.1. The maximum atomic E-state index is 13.4. The Kier molecular flexibility index (Phi) is 7.28. The molecule has 0 unspecified atom stereocenters. The maximum absolute atomic E-state index is 13.4. The quantitative estimate of drug-likeness (QED) is 0.118. The molecule has 38 heavy (non-hydrogen) atoms. The van der Waals surface area contributed by atoms with Crippen LogP contribution in [0.15, 0.2) is 93.2 Å². The van der Waals surface area contributed by atoms with Gasteiger partial charge >= 0.3 is 0 Å². The van der Waals surface area contributed by atoms with Crippen LogP contribution in [0.4, 0.5) is 5.69 Å². The van der Waals surface area contributed by atoms with Crippen LogP contribution in [0.25, 0.3) is 21.7 Å². The fraction of sp³-hybridized carbons (Fsp3) is 0.138. The third kappa shape index (κ3) is 5.19. The zero-order valence-corrected chi connectivity index (χ0v) is 22.1. The van der Waals surface area contributed by atoms with Crippen LogP contribution in [0.1, 0.15) is 30.3 Å². The Morgan fingerprint density at radius 2 is 1.84 bits per heavy atom. The topological polar surface area (TPSA) is 99.6 Å². The highest BCUT2D eigenvalue weighted by Crippen LogP contribution is 2.28. The molecule has 0 N–H and O–H groups in total. The van der Waals surface area contributed by atoms with Crippen LogP contribution >= 0.6 is 15.9 Å². The SMILES string of the molecule is CCCc1nc2ccc(Br)cc2c(=O)n1N=Cc1c(OCc2ccc([N+](=O)[O-])cc2)ccc2ccccc12. The Bertz CT molecular complexity index is 1750. The summed E-state index contributed by atoms with van der Waals surface area (Å²) in [6.07, 6.45) is 3.04. The average molecular weight is 571 g/mol. The molecular weight excluding hydrogens is 548 g/mol. The highest BCUT2D eigenvalue weighted by Gasteiger charge is 2.13. The van der Waals surface area contributed by atoms with Gasteiger partial charge < -0.3 is 4.74 Å². The summed E-state index contributed by atoms with van der Waals surface area (Å²) in [6, 6.07) is 23.4. The van der Waals surface area contributed by atoms with Crippen LogP contribution in [0.2, 0.25) is 0 Å². The van der Waals surface area contributed by atoms with Gasteiger partial charge in [-0.05, 0) is 59.2 Å². The van der Waals surface area contributed by atoms with Crippen molar-refractivity contribution in [1.29, 1.82) is 0 Å². The number of rotatable bonds is 8. The van der Waals surface area contributed by atoms with Gasteiger partial charge in [0.05, 0.1) is 22.0 Å². The highest BCUT2D eigenvalue weighted by atomic mass is 79.9. The van der Waals surface area contributed by atoms with E-state index in [2.05, 4.69) is 21.0 Å². The Labute approximate surface area is 226 Å². The molecule has 9 heteroatoms. The zero-order chi connectivity index (χ0) is 26.6. The van der Waals surface area contributed by atoms with Crippen molar-refractivity contribution < 1.29 is 9.66 Å². The molecule has 0 amide bonds. The molecule has 0 aliphatic carbocycles. The van der Waals surface area contributed by atoms with Crippen LogP contribution in [-0.4, -0.2) is 20.8 Å². The first-order chi connectivity index (χ1) is 18.4. The van der Waals surface area contributed by atoms with Crippen LogP contribution in [0.3, 0.4) is 0 Å². The van der Waals surface area contributed by atoms with Crippen LogP contribution in [-0.2, 0) is 13.0 Å². The van der Waals surface area contributed by atoms with Gasteiger partial charge in [-0.2, -0.15) is 9.78 Å².